The number of anilines is 1. The lowest BCUT2D eigenvalue weighted by atomic mass is 10.0. The SMILES string of the molecule is Cn1nc(NCc2cccc3c2CN(C2CCC(=O)NC2=O)C3=O)c2c1CCNC2. The summed E-state index contributed by atoms with van der Waals surface area (Å²) in [4.78, 5) is 38.3. The van der Waals surface area contributed by atoms with E-state index in [1.165, 1.54) is 11.3 Å². The maximum atomic E-state index is 13.0. The molecule has 0 aliphatic carbocycles. The Hall–Kier alpha value is -3.20. The van der Waals surface area contributed by atoms with Crippen LogP contribution in [0.5, 0.6) is 0 Å². The van der Waals surface area contributed by atoms with E-state index in [4.69, 9.17) is 0 Å². The molecule has 1 unspecified atom stereocenters. The van der Waals surface area contributed by atoms with Gasteiger partial charge in [-0.3, -0.25) is 24.4 Å². The molecule has 0 bridgehead atoms. The number of fused-ring (bicyclic) bond motifs is 2. The summed E-state index contributed by atoms with van der Waals surface area (Å²) >= 11 is 0. The van der Waals surface area contributed by atoms with Gasteiger partial charge in [-0.1, -0.05) is 12.1 Å². The number of hydrogen-bond acceptors (Lipinski definition) is 6. The zero-order chi connectivity index (χ0) is 20.8. The molecule has 4 heterocycles. The van der Waals surface area contributed by atoms with Crippen molar-refractivity contribution in [2.24, 2.45) is 7.05 Å². The molecule has 0 spiro atoms. The number of piperidine rings is 1. The van der Waals surface area contributed by atoms with Gasteiger partial charge in [0, 0.05) is 62.9 Å². The van der Waals surface area contributed by atoms with Gasteiger partial charge in [0.25, 0.3) is 5.91 Å². The zero-order valence-corrected chi connectivity index (χ0v) is 16.8. The number of amides is 3. The van der Waals surface area contributed by atoms with Crippen LogP contribution in [0.25, 0.3) is 0 Å². The molecule has 3 amide bonds. The molecular weight excluding hydrogens is 384 g/mol. The molecule has 156 valence electrons. The first-order valence-corrected chi connectivity index (χ1v) is 10.3. The molecule has 3 aliphatic rings. The fourth-order valence-electron chi connectivity index (χ4n) is 4.66. The maximum absolute atomic E-state index is 13.0. The van der Waals surface area contributed by atoms with Crippen LogP contribution in [0.3, 0.4) is 0 Å². The first kappa shape index (κ1) is 18.8. The summed E-state index contributed by atoms with van der Waals surface area (Å²) in [6.07, 6.45) is 1.57. The quantitative estimate of drug-likeness (QED) is 0.634. The zero-order valence-electron chi connectivity index (χ0n) is 16.8. The molecule has 3 aliphatic heterocycles. The molecule has 3 N–H and O–H groups in total. The summed E-state index contributed by atoms with van der Waals surface area (Å²) in [5.41, 5.74) is 5.01. The molecule has 30 heavy (non-hydrogen) atoms. The highest BCUT2D eigenvalue weighted by Gasteiger charge is 2.39. The third-order valence-electron chi connectivity index (χ3n) is 6.24. The van der Waals surface area contributed by atoms with Gasteiger partial charge in [0.1, 0.15) is 6.04 Å². The fourth-order valence-corrected chi connectivity index (χ4v) is 4.66. The largest absolute Gasteiger partial charge is 0.364 e. The van der Waals surface area contributed by atoms with Crippen molar-refractivity contribution in [2.75, 3.05) is 11.9 Å². The van der Waals surface area contributed by atoms with Gasteiger partial charge in [-0.15, -0.1) is 0 Å². The molecule has 0 radical (unpaired) electrons. The summed E-state index contributed by atoms with van der Waals surface area (Å²) in [6.45, 7) is 2.67. The van der Waals surface area contributed by atoms with E-state index in [9.17, 15) is 14.4 Å². The van der Waals surface area contributed by atoms with E-state index >= 15 is 0 Å². The summed E-state index contributed by atoms with van der Waals surface area (Å²) in [6, 6.07) is 5.08. The summed E-state index contributed by atoms with van der Waals surface area (Å²) in [7, 11) is 1.96. The van der Waals surface area contributed by atoms with Crippen molar-refractivity contribution >= 4 is 23.5 Å². The van der Waals surface area contributed by atoms with E-state index in [-0.39, 0.29) is 24.1 Å². The minimum atomic E-state index is -0.600. The molecule has 1 aromatic carbocycles. The highest BCUT2D eigenvalue weighted by molar-refractivity contribution is 6.05. The topological polar surface area (TPSA) is 108 Å². The van der Waals surface area contributed by atoms with Crippen molar-refractivity contribution in [2.45, 2.75) is 44.9 Å². The van der Waals surface area contributed by atoms with E-state index in [1.807, 2.05) is 23.9 Å². The smallest absolute Gasteiger partial charge is 0.255 e. The second kappa shape index (κ2) is 7.24. The Morgan fingerprint density at radius 1 is 1.20 bits per heavy atom. The number of aryl methyl sites for hydroxylation is 1. The lowest BCUT2D eigenvalue weighted by Gasteiger charge is -2.29. The number of hydrogen-bond donors (Lipinski definition) is 3. The van der Waals surface area contributed by atoms with E-state index in [0.717, 1.165) is 36.5 Å². The molecule has 2 aromatic rings. The van der Waals surface area contributed by atoms with Crippen LogP contribution in [0.2, 0.25) is 0 Å². The monoisotopic (exact) mass is 408 g/mol. The second-order valence-electron chi connectivity index (χ2n) is 8.02. The van der Waals surface area contributed by atoms with Gasteiger partial charge >= 0.3 is 0 Å². The summed E-state index contributed by atoms with van der Waals surface area (Å²) in [5, 5.41) is 13.8. The summed E-state index contributed by atoms with van der Waals surface area (Å²) < 4.78 is 1.93. The Kier molecular flexibility index (Phi) is 4.54. The number of nitrogens with one attached hydrogen (secondary N) is 3. The third-order valence-corrected chi connectivity index (χ3v) is 6.24. The number of rotatable bonds is 4. The minimum Gasteiger partial charge on any atom is -0.364 e. The Labute approximate surface area is 173 Å². The van der Waals surface area contributed by atoms with Crippen molar-refractivity contribution in [1.29, 1.82) is 0 Å². The highest BCUT2D eigenvalue weighted by Crippen LogP contribution is 2.30. The Morgan fingerprint density at radius 3 is 2.90 bits per heavy atom. The van der Waals surface area contributed by atoms with Crippen LogP contribution in [-0.4, -0.2) is 45.0 Å². The Morgan fingerprint density at radius 2 is 2.07 bits per heavy atom. The van der Waals surface area contributed by atoms with Gasteiger partial charge in [0.2, 0.25) is 11.8 Å². The molecule has 1 saturated heterocycles. The van der Waals surface area contributed by atoms with Gasteiger partial charge in [-0.05, 0) is 23.6 Å². The van der Waals surface area contributed by atoms with Crippen molar-refractivity contribution < 1.29 is 14.4 Å². The molecule has 1 aromatic heterocycles. The van der Waals surface area contributed by atoms with Crippen LogP contribution in [0, 0.1) is 0 Å². The molecule has 9 heteroatoms. The molecule has 9 nitrogen and oxygen atoms in total. The van der Waals surface area contributed by atoms with Crippen LogP contribution in [0.4, 0.5) is 5.82 Å². The normalized spacial score (nSPS) is 20.8. The molecule has 0 saturated carbocycles. The number of benzene rings is 1. The standard InChI is InChI=1S/C21H24N6O3/c1-26-16-7-8-22-10-14(16)19(25-26)23-9-12-3-2-4-13-15(12)11-27(21(13)30)17-5-6-18(28)24-20(17)29/h2-4,17,22H,5-11H2,1H3,(H,23,25)(H,24,28,29). The van der Waals surface area contributed by atoms with Gasteiger partial charge < -0.3 is 15.5 Å². The number of carbonyl (C=O) groups excluding carboxylic acids is 3. The van der Waals surface area contributed by atoms with Gasteiger partial charge in [0.05, 0.1) is 0 Å². The predicted octanol–water partition coefficient (Wildman–Crippen LogP) is 0.439. The summed E-state index contributed by atoms with van der Waals surface area (Å²) in [5.74, 6) is 0.0441. The highest BCUT2D eigenvalue weighted by atomic mass is 16.2. The van der Waals surface area contributed by atoms with Crippen molar-refractivity contribution in [1.82, 2.24) is 25.3 Å². The number of aromatic nitrogens is 2. The Bertz CT molecular complexity index is 1060. The van der Waals surface area contributed by atoms with Crippen LogP contribution in [0.15, 0.2) is 18.2 Å². The first-order chi connectivity index (χ1) is 14.5. The molecule has 1 atom stereocenters. The first-order valence-electron chi connectivity index (χ1n) is 10.3. The van der Waals surface area contributed by atoms with Gasteiger partial charge in [-0.25, -0.2) is 0 Å². The van der Waals surface area contributed by atoms with E-state index in [0.29, 0.717) is 25.1 Å². The van der Waals surface area contributed by atoms with Crippen molar-refractivity contribution in [3.05, 3.63) is 46.1 Å². The van der Waals surface area contributed by atoms with Gasteiger partial charge in [-0.2, -0.15) is 5.10 Å². The van der Waals surface area contributed by atoms with Crippen molar-refractivity contribution in [3.8, 4) is 0 Å². The lowest BCUT2D eigenvalue weighted by molar-refractivity contribution is -0.136. The Balaban J connectivity index is 1.36. The van der Waals surface area contributed by atoms with Crippen LogP contribution in [-0.2, 0) is 42.7 Å². The van der Waals surface area contributed by atoms with Crippen molar-refractivity contribution in [3.63, 3.8) is 0 Å². The van der Waals surface area contributed by atoms with E-state index in [1.54, 1.807) is 11.0 Å². The predicted molar refractivity (Wildman–Crippen MR) is 108 cm³/mol. The molecule has 1 fully saturated rings. The van der Waals surface area contributed by atoms with E-state index < -0.39 is 6.04 Å². The number of imide groups is 1. The van der Waals surface area contributed by atoms with Crippen LogP contribution in [0.1, 0.15) is 45.6 Å². The molecular formula is C21H24N6O3. The molecule has 5 rings (SSSR count). The number of nitrogens with zero attached hydrogens (tertiary/aromatic N) is 3. The average Bonchev–Trinajstić information content (AvgIpc) is 3.24. The van der Waals surface area contributed by atoms with E-state index in [2.05, 4.69) is 21.0 Å². The lowest BCUT2D eigenvalue weighted by Crippen LogP contribution is -2.52. The van der Waals surface area contributed by atoms with Crippen LogP contribution >= 0.6 is 0 Å². The van der Waals surface area contributed by atoms with Gasteiger partial charge in [0.15, 0.2) is 5.82 Å². The third kappa shape index (κ3) is 3.06. The average molecular weight is 408 g/mol. The van der Waals surface area contributed by atoms with Crippen LogP contribution < -0.4 is 16.0 Å². The number of carbonyl (C=O) groups is 3. The fraction of sp³-hybridized carbons (Fsp3) is 0.429. The minimum absolute atomic E-state index is 0.152. The second-order valence-corrected chi connectivity index (χ2v) is 8.02. The maximum Gasteiger partial charge on any atom is 0.255 e.